The van der Waals surface area contributed by atoms with Crippen LogP contribution in [0.4, 0.5) is 0 Å². The summed E-state index contributed by atoms with van der Waals surface area (Å²) in [6.45, 7) is 14.6. The highest BCUT2D eigenvalue weighted by Crippen LogP contribution is 2.45. The lowest BCUT2D eigenvalue weighted by Gasteiger charge is -2.40. The summed E-state index contributed by atoms with van der Waals surface area (Å²) in [5, 5.41) is 0. The van der Waals surface area contributed by atoms with E-state index in [9.17, 15) is 0 Å². The van der Waals surface area contributed by atoms with Gasteiger partial charge in [0.15, 0.2) is 0 Å². The molecule has 2 fully saturated rings. The van der Waals surface area contributed by atoms with Crippen LogP contribution in [0, 0.1) is 34.5 Å². The lowest BCUT2D eigenvalue weighted by molar-refractivity contribution is 0.111. The summed E-state index contributed by atoms with van der Waals surface area (Å²) in [5.41, 5.74) is 1.07. The second-order valence-corrected chi connectivity index (χ2v) is 10.4. The van der Waals surface area contributed by atoms with Crippen LogP contribution in [0.25, 0.3) is 0 Å². The zero-order chi connectivity index (χ0) is 15.7. The van der Waals surface area contributed by atoms with Crippen LogP contribution in [-0.4, -0.2) is 0 Å². The van der Waals surface area contributed by atoms with Crippen LogP contribution in [0.3, 0.4) is 0 Å². The fourth-order valence-electron chi connectivity index (χ4n) is 5.00. The van der Waals surface area contributed by atoms with Gasteiger partial charge in [0, 0.05) is 0 Å². The largest absolute Gasteiger partial charge is 0.0599 e. The van der Waals surface area contributed by atoms with E-state index >= 15 is 0 Å². The molecule has 0 aromatic carbocycles. The van der Waals surface area contributed by atoms with Gasteiger partial charge >= 0.3 is 0 Å². The maximum absolute atomic E-state index is 2.44. The highest BCUT2D eigenvalue weighted by atomic mass is 14.4. The van der Waals surface area contributed by atoms with Crippen LogP contribution in [0.1, 0.15) is 99.3 Å². The van der Waals surface area contributed by atoms with Gasteiger partial charge in [-0.05, 0) is 66.6 Å². The zero-order valence-corrected chi connectivity index (χ0v) is 15.7. The first-order chi connectivity index (χ1) is 9.66. The third kappa shape index (κ3) is 5.00. The van der Waals surface area contributed by atoms with E-state index in [0.717, 1.165) is 23.7 Å². The van der Waals surface area contributed by atoms with Gasteiger partial charge in [-0.3, -0.25) is 0 Å². The van der Waals surface area contributed by atoms with E-state index in [1.165, 1.54) is 51.4 Å². The molecule has 2 aliphatic rings. The Hall–Kier alpha value is 0. The van der Waals surface area contributed by atoms with Crippen LogP contribution in [0.5, 0.6) is 0 Å². The molecule has 2 aliphatic carbocycles. The fraction of sp³-hybridized carbons (Fsp3) is 1.00. The average Bonchev–Trinajstić information content (AvgIpc) is 2.38. The van der Waals surface area contributed by atoms with Gasteiger partial charge in [-0.2, -0.15) is 0 Å². The van der Waals surface area contributed by atoms with Gasteiger partial charge in [-0.25, -0.2) is 0 Å². The SMILES string of the molecule is CC(C)(C)C1CCC(CC2CCC(C(C)(C)C)CC2)CC1. The Balaban J connectivity index is 1.71. The van der Waals surface area contributed by atoms with Crippen LogP contribution >= 0.6 is 0 Å². The third-order valence-corrected chi connectivity index (χ3v) is 6.81. The standard InChI is InChI=1S/C21H40/c1-20(2,3)18-11-7-16(8-12-18)15-17-9-13-19(14-10-17)21(4,5)6/h16-19H,7-15H2,1-6H3. The molecule has 0 saturated heterocycles. The van der Waals surface area contributed by atoms with E-state index in [-0.39, 0.29) is 0 Å². The molecule has 0 radical (unpaired) electrons. The molecule has 0 heterocycles. The van der Waals surface area contributed by atoms with Crippen molar-refractivity contribution < 1.29 is 0 Å². The summed E-state index contributed by atoms with van der Waals surface area (Å²) >= 11 is 0. The van der Waals surface area contributed by atoms with Crippen molar-refractivity contribution >= 4 is 0 Å². The predicted octanol–water partition coefficient (Wildman–Crippen LogP) is 7.08. The Labute approximate surface area is 134 Å². The molecule has 0 atom stereocenters. The number of hydrogen-bond acceptors (Lipinski definition) is 0. The molecule has 0 nitrogen and oxygen atoms in total. The molecule has 0 amide bonds. The summed E-state index contributed by atoms with van der Waals surface area (Å²) in [7, 11) is 0. The van der Waals surface area contributed by atoms with Crippen molar-refractivity contribution in [3.8, 4) is 0 Å². The van der Waals surface area contributed by atoms with Crippen LogP contribution in [0.15, 0.2) is 0 Å². The van der Waals surface area contributed by atoms with Crippen LogP contribution in [0.2, 0.25) is 0 Å². The van der Waals surface area contributed by atoms with E-state index in [1.54, 1.807) is 6.42 Å². The molecule has 0 heteroatoms. The van der Waals surface area contributed by atoms with Crippen molar-refractivity contribution in [3.63, 3.8) is 0 Å². The first-order valence-corrected chi connectivity index (χ1v) is 9.66. The first kappa shape index (κ1) is 17.4. The van der Waals surface area contributed by atoms with Crippen molar-refractivity contribution in [3.05, 3.63) is 0 Å². The van der Waals surface area contributed by atoms with E-state index in [0.29, 0.717) is 10.8 Å². The fourth-order valence-corrected chi connectivity index (χ4v) is 5.00. The molecule has 0 aliphatic heterocycles. The predicted molar refractivity (Wildman–Crippen MR) is 94.4 cm³/mol. The van der Waals surface area contributed by atoms with E-state index in [2.05, 4.69) is 41.5 Å². The van der Waals surface area contributed by atoms with Gasteiger partial charge in [0.25, 0.3) is 0 Å². The summed E-state index contributed by atoms with van der Waals surface area (Å²) in [6.07, 6.45) is 13.6. The molecule has 0 N–H and O–H groups in total. The molecular weight excluding hydrogens is 252 g/mol. The Bertz CT molecular complexity index is 266. The van der Waals surface area contributed by atoms with Gasteiger partial charge in [0.2, 0.25) is 0 Å². The van der Waals surface area contributed by atoms with Crippen LogP contribution in [-0.2, 0) is 0 Å². The Morgan fingerprint density at radius 3 is 1.05 bits per heavy atom. The van der Waals surface area contributed by atoms with Gasteiger partial charge in [0.1, 0.15) is 0 Å². The highest BCUT2D eigenvalue weighted by molar-refractivity contribution is 4.84. The van der Waals surface area contributed by atoms with Crippen molar-refractivity contribution in [2.24, 2.45) is 34.5 Å². The third-order valence-electron chi connectivity index (χ3n) is 6.81. The van der Waals surface area contributed by atoms with Gasteiger partial charge < -0.3 is 0 Å². The lowest BCUT2D eigenvalue weighted by Crippen LogP contribution is -2.29. The Morgan fingerprint density at radius 1 is 0.524 bits per heavy atom. The summed E-state index contributed by atoms with van der Waals surface area (Å²) in [6, 6.07) is 0. The molecule has 0 aromatic rings. The number of rotatable bonds is 2. The quantitative estimate of drug-likeness (QED) is 0.510. The van der Waals surface area contributed by atoms with E-state index in [4.69, 9.17) is 0 Å². The molecule has 0 aromatic heterocycles. The smallest absolute Gasteiger partial charge is 0.0354 e. The molecular formula is C21H40. The minimum atomic E-state index is 0.537. The molecule has 21 heavy (non-hydrogen) atoms. The maximum atomic E-state index is 2.44. The molecule has 2 saturated carbocycles. The Morgan fingerprint density at radius 2 is 0.810 bits per heavy atom. The molecule has 0 unspecified atom stereocenters. The van der Waals surface area contributed by atoms with Crippen molar-refractivity contribution in [2.75, 3.05) is 0 Å². The van der Waals surface area contributed by atoms with Crippen molar-refractivity contribution in [1.82, 2.24) is 0 Å². The minimum absolute atomic E-state index is 0.537. The number of hydrogen-bond donors (Lipinski definition) is 0. The Kier molecular flexibility index (Phi) is 5.48. The van der Waals surface area contributed by atoms with Gasteiger partial charge in [-0.1, -0.05) is 67.2 Å². The monoisotopic (exact) mass is 292 g/mol. The second kappa shape index (κ2) is 6.63. The normalized spacial score (nSPS) is 35.7. The second-order valence-electron chi connectivity index (χ2n) is 10.4. The van der Waals surface area contributed by atoms with E-state index in [1.807, 2.05) is 0 Å². The zero-order valence-electron chi connectivity index (χ0n) is 15.7. The van der Waals surface area contributed by atoms with E-state index < -0.39 is 0 Å². The summed E-state index contributed by atoms with van der Waals surface area (Å²) in [5.74, 6) is 4.07. The minimum Gasteiger partial charge on any atom is -0.0599 e. The average molecular weight is 293 g/mol. The van der Waals surface area contributed by atoms with Crippen molar-refractivity contribution in [2.45, 2.75) is 99.3 Å². The summed E-state index contributed by atoms with van der Waals surface area (Å²) in [4.78, 5) is 0. The van der Waals surface area contributed by atoms with Crippen LogP contribution < -0.4 is 0 Å². The van der Waals surface area contributed by atoms with Gasteiger partial charge in [0.05, 0.1) is 0 Å². The highest BCUT2D eigenvalue weighted by Gasteiger charge is 2.33. The molecule has 124 valence electrons. The topological polar surface area (TPSA) is 0 Å². The maximum Gasteiger partial charge on any atom is -0.0354 e. The molecule has 0 spiro atoms. The van der Waals surface area contributed by atoms with Crippen molar-refractivity contribution in [1.29, 1.82) is 0 Å². The molecule has 0 bridgehead atoms. The summed E-state index contributed by atoms with van der Waals surface area (Å²) < 4.78 is 0. The molecule has 2 rings (SSSR count). The first-order valence-electron chi connectivity index (χ1n) is 9.66. The lowest BCUT2D eigenvalue weighted by atomic mass is 9.65. The van der Waals surface area contributed by atoms with Gasteiger partial charge in [-0.15, -0.1) is 0 Å².